The van der Waals surface area contributed by atoms with Crippen molar-refractivity contribution in [2.24, 2.45) is 0 Å². The Labute approximate surface area is 173 Å². The highest BCUT2D eigenvalue weighted by Crippen LogP contribution is 2.39. The Hall–Kier alpha value is -2.87. The van der Waals surface area contributed by atoms with Gasteiger partial charge in [0.15, 0.2) is 0 Å². The maximum absolute atomic E-state index is 12.7. The molecule has 0 radical (unpaired) electrons. The summed E-state index contributed by atoms with van der Waals surface area (Å²) in [7, 11) is 0. The fourth-order valence-corrected chi connectivity index (χ4v) is 4.11. The summed E-state index contributed by atoms with van der Waals surface area (Å²) in [5, 5.41) is 3.50. The van der Waals surface area contributed by atoms with Crippen molar-refractivity contribution in [3.8, 4) is 0 Å². The van der Waals surface area contributed by atoms with Crippen LogP contribution in [0.5, 0.6) is 0 Å². The number of hydrogen-bond donors (Lipinski definition) is 1. The third-order valence-corrected chi connectivity index (χ3v) is 5.70. The van der Waals surface area contributed by atoms with E-state index in [0.717, 1.165) is 24.2 Å². The standard InChI is InChI=1S/C21H23NO6S/c1-4-6-11-27-20(24)15-12(3)16(21(25)26-5-2)29-18(15)22-17-13-9-7-8-10-14(13)19(23)28-17/h7-10,17,22H,4-6,11H2,1-3H3/t17-/m1/s1. The van der Waals surface area contributed by atoms with Crippen LogP contribution in [-0.4, -0.2) is 31.1 Å². The smallest absolute Gasteiger partial charge is 0.348 e. The molecule has 1 atom stereocenters. The van der Waals surface area contributed by atoms with Crippen molar-refractivity contribution in [1.29, 1.82) is 0 Å². The van der Waals surface area contributed by atoms with Crippen LogP contribution in [0.3, 0.4) is 0 Å². The summed E-state index contributed by atoms with van der Waals surface area (Å²) < 4.78 is 15.9. The van der Waals surface area contributed by atoms with Gasteiger partial charge in [0.2, 0.25) is 6.23 Å². The number of hydrogen-bond acceptors (Lipinski definition) is 8. The summed E-state index contributed by atoms with van der Waals surface area (Å²) in [4.78, 5) is 37.5. The number of anilines is 1. The number of nitrogens with one attached hydrogen (secondary N) is 1. The van der Waals surface area contributed by atoms with Crippen LogP contribution in [0.15, 0.2) is 24.3 Å². The highest BCUT2D eigenvalue weighted by Gasteiger charge is 2.34. The molecule has 0 bridgehead atoms. The molecule has 0 amide bonds. The summed E-state index contributed by atoms with van der Waals surface area (Å²) in [5.74, 6) is -1.47. The lowest BCUT2D eigenvalue weighted by Crippen LogP contribution is -2.14. The van der Waals surface area contributed by atoms with Gasteiger partial charge in [-0.25, -0.2) is 14.4 Å². The van der Waals surface area contributed by atoms with Crippen LogP contribution in [0.1, 0.15) is 74.4 Å². The predicted molar refractivity (Wildman–Crippen MR) is 108 cm³/mol. The topological polar surface area (TPSA) is 90.9 Å². The van der Waals surface area contributed by atoms with E-state index >= 15 is 0 Å². The summed E-state index contributed by atoms with van der Waals surface area (Å²) in [6, 6.07) is 7.03. The lowest BCUT2D eigenvalue weighted by atomic mass is 10.1. The molecule has 1 aromatic carbocycles. The molecule has 154 valence electrons. The van der Waals surface area contributed by atoms with Crippen LogP contribution < -0.4 is 5.32 Å². The van der Waals surface area contributed by atoms with Gasteiger partial charge in [-0.15, -0.1) is 11.3 Å². The molecule has 0 saturated heterocycles. The van der Waals surface area contributed by atoms with Crippen LogP contribution in [0.4, 0.5) is 5.00 Å². The Balaban J connectivity index is 1.94. The number of benzene rings is 1. The van der Waals surface area contributed by atoms with Gasteiger partial charge in [0, 0.05) is 5.56 Å². The van der Waals surface area contributed by atoms with Gasteiger partial charge in [-0.05, 0) is 31.9 Å². The monoisotopic (exact) mass is 417 g/mol. The molecule has 0 fully saturated rings. The number of cyclic esters (lactones) is 1. The first-order valence-electron chi connectivity index (χ1n) is 9.51. The van der Waals surface area contributed by atoms with Crippen LogP contribution in [0.25, 0.3) is 0 Å². The molecule has 3 rings (SSSR count). The van der Waals surface area contributed by atoms with E-state index in [1.807, 2.05) is 6.92 Å². The molecule has 0 aliphatic carbocycles. The molecule has 7 nitrogen and oxygen atoms in total. The first kappa shape index (κ1) is 20.9. The molecule has 2 heterocycles. The summed E-state index contributed by atoms with van der Waals surface area (Å²) >= 11 is 1.09. The van der Waals surface area contributed by atoms with Gasteiger partial charge in [0.25, 0.3) is 0 Å². The second-order valence-electron chi connectivity index (χ2n) is 6.49. The third kappa shape index (κ3) is 4.27. The van der Waals surface area contributed by atoms with Crippen molar-refractivity contribution in [2.75, 3.05) is 18.5 Å². The Morgan fingerprint density at radius 1 is 1.17 bits per heavy atom. The number of unbranched alkanes of at least 4 members (excludes halogenated alkanes) is 1. The Kier molecular flexibility index (Phi) is 6.53. The SMILES string of the molecule is CCCCOC(=O)c1c(N[C@@H]2OC(=O)c3ccccc32)sc(C(=O)OCC)c1C. The Bertz CT molecular complexity index is 935. The van der Waals surface area contributed by atoms with Crippen molar-refractivity contribution < 1.29 is 28.6 Å². The molecule has 1 N–H and O–H groups in total. The zero-order valence-corrected chi connectivity index (χ0v) is 17.4. The van der Waals surface area contributed by atoms with Gasteiger partial charge in [-0.3, -0.25) is 0 Å². The minimum absolute atomic E-state index is 0.225. The molecular formula is C21H23NO6S. The van der Waals surface area contributed by atoms with Gasteiger partial charge in [-0.2, -0.15) is 0 Å². The first-order chi connectivity index (χ1) is 14.0. The molecule has 0 spiro atoms. The van der Waals surface area contributed by atoms with Gasteiger partial charge >= 0.3 is 17.9 Å². The van der Waals surface area contributed by atoms with Crippen LogP contribution in [0.2, 0.25) is 0 Å². The average molecular weight is 417 g/mol. The largest absolute Gasteiger partial charge is 0.462 e. The fraction of sp³-hybridized carbons (Fsp3) is 0.381. The molecule has 0 unspecified atom stereocenters. The quantitative estimate of drug-likeness (QED) is 0.385. The molecule has 1 aliphatic heterocycles. The second kappa shape index (κ2) is 9.09. The molecule has 2 aromatic rings. The van der Waals surface area contributed by atoms with Crippen molar-refractivity contribution in [1.82, 2.24) is 0 Å². The predicted octanol–water partition coefficient (Wildman–Crippen LogP) is 4.47. The van der Waals surface area contributed by atoms with Crippen molar-refractivity contribution >= 4 is 34.2 Å². The van der Waals surface area contributed by atoms with Crippen molar-refractivity contribution in [3.63, 3.8) is 0 Å². The third-order valence-electron chi connectivity index (χ3n) is 4.49. The molecule has 1 aliphatic rings. The first-order valence-corrected chi connectivity index (χ1v) is 10.3. The van der Waals surface area contributed by atoms with Gasteiger partial charge in [0.05, 0.1) is 24.3 Å². The Morgan fingerprint density at radius 2 is 1.93 bits per heavy atom. The number of esters is 3. The van der Waals surface area contributed by atoms with E-state index in [4.69, 9.17) is 14.2 Å². The zero-order chi connectivity index (χ0) is 21.0. The van der Waals surface area contributed by atoms with Gasteiger partial charge in [-0.1, -0.05) is 31.5 Å². The summed E-state index contributed by atoms with van der Waals surface area (Å²) in [6.45, 7) is 5.91. The van der Waals surface area contributed by atoms with Crippen molar-refractivity contribution in [2.45, 2.75) is 39.8 Å². The highest BCUT2D eigenvalue weighted by molar-refractivity contribution is 7.18. The van der Waals surface area contributed by atoms with Crippen LogP contribution in [0, 0.1) is 6.92 Å². The normalized spacial score (nSPS) is 14.9. The minimum Gasteiger partial charge on any atom is -0.462 e. The maximum Gasteiger partial charge on any atom is 0.348 e. The number of carbonyl (C=O) groups excluding carboxylic acids is 3. The van der Waals surface area contributed by atoms with E-state index in [9.17, 15) is 14.4 Å². The van der Waals surface area contributed by atoms with E-state index in [-0.39, 0.29) is 12.2 Å². The molecule has 8 heteroatoms. The number of thiophene rings is 1. The molecular weight excluding hydrogens is 394 g/mol. The fourth-order valence-electron chi connectivity index (χ4n) is 3.01. The van der Waals surface area contributed by atoms with Gasteiger partial charge < -0.3 is 19.5 Å². The van der Waals surface area contributed by atoms with Crippen LogP contribution in [-0.2, 0) is 14.2 Å². The Morgan fingerprint density at radius 3 is 2.66 bits per heavy atom. The lowest BCUT2D eigenvalue weighted by molar-refractivity contribution is 0.0436. The molecule has 1 aromatic heterocycles. The number of fused-ring (bicyclic) bond motifs is 1. The minimum atomic E-state index is -0.756. The van der Waals surface area contributed by atoms with Crippen LogP contribution >= 0.6 is 11.3 Å². The maximum atomic E-state index is 12.7. The highest BCUT2D eigenvalue weighted by atomic mass is 32.1. The molecule has 29 heavy (non-hydrogen) atoms. The number of rotatable bonds is 8. The van der Waals surface area contributed by atoms with E-state index in [1.165, 1.54) is 0 Å². The van der Waals surface area contributed by atoms with E-state index < -0.39 is 24.1 Å². The second-order valence-corrected chi connectivity index (χ2v) is 7.51. The van der Waals surface area contributed by atoms with E-state index in [2.05, 4.69) is 5.32 Å². The summed E-state index contributed by atoms with van der Waals surface area (Å²) in [6.07, 6.45) is 0.883. The lowest BCUT2D eigenvalue weighted by Gasteiger charge is -2.14. The number of carbonyl (C=O) groups is 3. The molecule has 0 saturated carbocycles. The van der Waals surface area contributed by atoms with Gasteiger partial charge in [0.1, 0.15) is 9.88 Å². The van der Waals surface area contributed by atoms with Crippen molar-refractivity contribution in [3.05, 3.63) is 51.4 Å². The summed E-state index contributed by atoms with van der Waals surface area (Å²) in [5.41, 5.74) is 1.88. The van der Waals surface area contributed by atoms with E-state index in [1.54, 1.807) is 38.1 Å². The average Bonchev–Trinajstić information content (AvgIpc) is 3.20. The number of ether oxygens (including phenoxy) is 3. The zero-order valence-electron chi connectivity index (χ0n) is 16.6. The van der Waals surface area contributed by atoms with E-state index in [0.29, 0.717) is 33.2 Å².